The van der Waals surface area contributed by atoms with Crippen LogP contribution in [0.2, 0.25) is 16.6 Å². The predicted molar refractivity (Wildman–Crippen MR) is 95.8 cm³/mol. The first-order valence-electron chi connectivity index (χ1n) is 7.07. The summed E-state index contributed by atoms with van der Waals surface area (Å²) in [6, 6.07) is 0. The zero-order valence-corrected chi connectivity index (χ0v) is 16.3. The second kappa shape index (κ2) is 8.42. The van der Waals surface area contributed by atoms with Gasteiger partial charge >= 0.3 is 0 Å². The quantitative estimate of drug-likeness (QED) is 0.228. The number of rotatable bonds is 5. The SMILES string of the molecule is C/C(I)=C/CCC#C[Si](C(C)C)(C(C)C)C(C)C. The normalized spacial score (nSPS) is 13.2. The Morgan fingerprint density at radius 2 is 1.50 bits per heavy atom. The van der Waals surface area contributed by atoms with E-state index in [1.54, 1.807) is 0 Å². The Hall–Kier alpha value is 0.247. The lowest BCUT2D eigenvalue weighted by atomic mass is 10.3. The van der Waals surface area contributed by atoms with Gasteiger partial charge in [-0.1, -0.05) is 47.6 Å². The fourth-order valence-corrected chi connectivity index (χ4v) is 8.60. The summed E-state index contributed by atoms with van der Waals surface area (Å²) in [6.07, 6.45) is 4.39. The summed E-state index contributed by atoms with van der Waals surface area (Å²) < 4.78 is 1.37. The number of hydrogen-bond acceptors (Lipinski definition) is 0. The predicted octanol–water partition coefficient (Wildman–Crippen LogP) is 6.33. The molecule has 0 aliphatic carbocycles. The molecule has 2 heteroatoms. The lowest BCUT2D eigenvalue weighted by Crippen LogP contribution is -2.43. The fourth-order valence-electron chi connectivity index (χ4n) is 2.99. The molecule has 0 fully saturated rings. The standard InChI is InChI=1S/C16H29ISi/c1-13(2)18(14(3)4,15(5)6)12-10-8-9-11-16(7)17/h11,13-15H,8-9H2,1-7H3/b16-11-. The van der Waals surface area contributed by atoms with Crippen LogP contribution < -0.4 is 0 Å². The maximum atomic E-state index is 3.76. The third-order valence-corrected chi connectivity index (χ3v) is 10.6. The van der Waals surface area contributed by atoms with Crippen molar-refractivity contribution in [2.45, 2.75) is 77.9 Å². The summed E-state index contributed by atoms with van der Waals surface area (Å²) in [6.45, 7) is 16.4. The molecule has 0 aromatic carbocycles. The van der Waals surface area contributed by atoms with Gasteiger partial charge in [0.1, 0.15) is 8.07 Å². The minimum atomic E-state index is -1.49. The van der Waals surface area contributed by atoms with E-state index in [4.69, 9.17) is 0 Å². The van der Waals surface area contributed by atoms with Gasteiger partial charge in [0.05, 0.1) is 0 Å². The topological polar surface area (TPSA) is 0 Å². The van der Waals surface area contributed by atoms with E-state index in [0.29, 0.717) is 0 Å². The van der Waals surface area contributed by atoms with Crippen molar-refractivity contribution in [2.75, 3.05) is 0 Å². The van der Waals surface area contributed by atoms with Gasteiger partial charge in [0.25, 0.3) is 0 Å². The molecule has 0 unspecified atom stereocenters. The van der Waals surface area contributed by atoms with Gasteiger partial charge in [-0.05, 0) is 56.1 Å². The number of unbranched alkanes of at least 4 members (excludes halogenated alkanes) is 1. The molecule has 0 nitrogen and oxygen atoms in total. The zero-order valence-electron chi connectivity index (χ0n) is 13.1. The van der Waals surface area contributed by atoms with Gasteiger partial charge < -0.3 is 0 Å². The van der Waals surface area contributed by atoms with Crippen LogP contribution in [0.15, 0.2) is 9.66 Å². The van der Waals surface area contributed by atoms with Crippen LogP contribution in [-0.2, 0) is 0 Å². The average Bonchev–Trinajstić information content (AvgIpc) is 2.20. The minimum Gasteiger partial charge on any atom is -0.130 e. The number of halogens is 1. The van der Waals surface area contributed by atoms with Crippen molar-refractivity contribution in [3.63, 3.8) is 0 Å². The number of hydrogen-bond donors (Lipinski definition) is 0. The molecule has 0 saturated heterocycles. The van der Waals surface area contributed by atoms with E-state index >= 15 is 0 Å². The van der Waals surface area contributed by atoms with Gasteiger partial charge in [0.15, 0.2) is 0 Å². The molecule has 0 aliphatic heterocycles. The second-order valence-corrected chi connectivity index (χ2v) is 13.3. The molecule has 0 heterocycles. The Bertz CT molecular complexity index is 303. The molecule has 0 rings (SSSR count). The molecule has 0 aliphatic rings. The molecule has 0 aromatic heterocycles. The highest BCUT2D eigenvalue weighted by Gasteiger charge is 2.41. The van der Waals surface area contributed by atoms with Gasteiger partial charge in [-0.25, -0.2) is 0 Å². The van der Waals surface area contributed by atoms with Crippen LogP contribution in [0, 0.1) is 11.5 Å². The molecule has 104 valence electrons. The maximum Gasteiger partial charge on any atom is 0.145 e. The average molecular weight is 376 g/mol. The zero-order chi connectivity index (χ0) is 14.3. The molecular formula is C16H29ISi. The third-order valence-electron chi connectivity index (χ3n) is 3.87. The van der Waals surface area contributed by atoms with Crippen molar-refractivity contribution < 1.29 is 0 Å². The van der Waals surface area contributed by atoms with Crippen LogP contribution >= 0.6 is 22.6 Å². The first-order valence-corrected chi connectivity index (χ1v) is 10.4. The molecule has 0 spiro atoms. The van der Waals surface area contributed by atoms with Crippen molar-refractivity contribution in [3.8, 4) is 11.5 Å². The van der Waals surface area contributed by atoms with Gasteiger partial charge in [-0.3, -0.25) is 0 Å². The highest BCUT2D eigenvalue weighted by atomic mass is 127. The molecule has 0 bridgehead atoms. The van der Waals surface area contributed by atoms with Crippen molar-refractivity contribution in [1.29, 1.82) is 0 Å². The van der Waals surface area contributed by atoms with Crippen LogP contribution in [0.3, 0.4) is 0 Å². The highest BCUT2D eigenvalue weighted by molar-refractivity contribution is 14.1. The molecule has 0 saturated carbocycles. The summed E-state index contributed by atoms with van der Waals surface area (Å²) in [7, 11) is -1.49. The van der Waals surface area contributed by atoms with Crippen molar-refractivity contribution in [3.05, 3.63) is 9.66 Å². The summed E-state index contributed by atoms with van der Waals surface area (Å²) in [5.74, 6) is 3.49. The summed E-state index contributed by atoms with van der Waals surface area (Å²) in [5, 5.41) is 0. The van der Waals surface area contributed by atoms with Crippen molar-refractivity contribution >= 4 is 30.7 Å². The lowest BCUT2D eigenvalue weighted by molar-refractivity contribution is 0.838. The Morgan fingerprint density at radius 1 is 1.06 bits per heavy atom. The van der Waals surface area contributed by atoms with E-state index in [1.165, 1.54) is 3.58 Å². The van der Waals surface area contributed by atoms with Crippen LogP contribution in [0.1, 0.15) is 61.3 Å². The Balaban J connectivity index is 4.91. The Kier molecular flexibility index (Phi) is 8.54. The van der Waals surface area contributed by atoms with Gasteiger partial charge in [-0.2, -0.15) is 0 Å². The third kappa shape index (κ3) is 5.09. The van der Waals surface area contributed by atoms with E-state index in [0.717, 1.165) is 29.5 Å². The molecule has 0 aromatic rings. The maximum absolute atomic E-state index is 3.76. The Labute approximate surface area is 129 Å². The summed E-state index contributed by atoms with van der Waals surface area (Å²) in [5.41, 5.74) is 5.99. The van der Waals surface area contributed by atoms with Crippen molar-refractivity contribution in [1.82, 2.24) is 0 Å². The van der Waals surface area contributed by atoms with Crippen LogP contribution in [-0.4, -0.2) is 8.07 Å². The first kappa shape index (κ1) is 18.2. The summed E-state index contributed by atoms with van der Waals surface area (Å²) >= 11 is 2.36. The Morgan fingerprint density at radius 3 is 1.83 bits per heavy atom. The van der Waals surface area contributed by atoms with Gasteiger partial charge in [0.2, 0.25) is 0 Å². The number of allylic oxidation sites excluding steroid dienone is 2. The first-order chi connectivity index (χ1) is 8.25. The van der Waals surface area contributed by atoms with Gasteiger partial charge in [-0.15, -0.1) is 11.5 Å². The molecule has 18 heavy (non-hydrogen) atoms. The highest BCUT2D eigenvalue weighted by Crippen LogP contribution is 2.40. The van der Waals surface area contributed by atoms with Crippen LogP contribution in [0.25, 0.3) is 0 Å². The van der Waals surface area contributed by atoms with E-state index < -0.39 is 8.07 Å². The largest absolute Gasteiger partial charge is 0.145 e. The van der Waals surface area contributed by atoms with E-state index in [9.17, 15) is 0 Å². The lowest BCUT2D eigenvalue weighted by Gasteiger charge is -2.38. The summed E-state index contributed by atoms with van der Waals surface area (Å²) in [4.78, 5) is 0. The van der Waals surface area contributed by atoms with E-state index in [-0.39, 0.29) is 0 Å². The van der Waals surface area contributed by atoms with E-state index in [2.05, 4.69) is 88.6 Å². The minimum absolute atomic E-state index is 0.742. The second-order valence-electron chi connectivity index (χ2n) is 6.03. The smallest absolute Gasteiger partial charge is 0.130 e. The fraction of sp³-hybridized carbons (Fsp3) is 0.750. The van der Waals surface area contributed by atoms with E-state index in [1.807, 2.05) is 0 Å². The molecule has 0 amide bonds. The van der Waals surface area contributed by atoms with Crippen LogP contribution in [0.4, 0.5) is 0 Å². The van der Waals surface area contributed by atoms with Crippen LogP contribution in [0.5, 0.6) is 0 Å². The van der Waals surface area contributed by atoms with Gasteiger partial charge in [0, 0.05) is 6.42 Å². The van der Waals surface area contributed by atoms with Crippen molar-refractivity contribution in [2.24, 2.45) is 0 Å². The molecule has 0 atom stereocenters. The molecule has 0 N–H and O–H groups in total. The molecule has 0 radical (unpaired) electrons. The molecular weight excluding hydrogens is 347 g/mol. The monoisotopic (exact) mass is 376 g/mol.